The Bertz CT molecular complexity index is 3000. The van der Waals surface area contributed by atoms with Gasteiger partial charge in [0.2, 0.25) is 0 Å². The van der Waals surface area contributed by atoms with Crippen LogP contribution in [0.1, 0.15) is 38.8 Å². The molecule has 0 fully saturated rings. The number of hydrogen-bond donors (Lipinski definition) is 1. The number of nitrogens with zero attached hydrogens (tertiary/aromatic N) is 5. The molecule has 0 spiro atoms. The number of amides is 2. The number of aromatic nitrogens is 4. The van der Waals surface area contributed by atoms with Gasteiger partial charge in [0, 0.05) is 74.1 Å². The van der Waals surface area contributed by atoms with Gasteiger partial charge < -0.3 is 10.2 Å². The second-order valence-electron chi connectivity index (χ2n) is 15.0. The predicted octanol–water partition coefficient (Wildman–Crippen LogP) is 12.3. The standard InChI is InChI=1S/C26H21ClFN3OS.C24H17ClFN3OS/c1-2-30-14-13-17-15-18(3-12-23(17)26(30)32)25-24(33-22-10-4-19(27)5-11-22)16-31(29-25)21-8-6-20(28)7-9-21;25-17-2-8-20(9-3-17)31-22-14-29(19-6-4-18(26)5-7-19)28-23(22)16-1-10-21-15(13-16)11-12-27-24(21)30/h3-12,15-16H,2,13-14H2,1H3;1-10,13-14H,11-12H2,(H,27,30). The van der Waals surface area contributed by atoms with Gasteiger partial charge in [-0.1, -0.05) is 58.9 Å². The maximum Gasteiger partial charge on any atom is 0.254 e. The van der Waals surface area contributed by atoms with Gasteiger partial charge in [-0.25, -0.2) is 18.1 Å². The normalized spacial score (nSPS) is 13.2. The number of nitrogens with one attached hydrogen (secondary N) is 1. The minimum absolute atomic E-state index is 0.0413. The van der Waals surface area contributed by atoms with Gasteiger partial charge in [-0.15, -0.1) is 0 Å². The molecule has 0 saturated heterocycles. The van der Waals surface area contributed by atoms with Crippen molar-refractivity contribution in [3.63, 3.8) is 0 Å². The zero-order valence-corrected chi connectivity index (χ0v) is 37.4. The lowest BCUT2D eigenvalue weighted by Crippen LogP contribution is -2.37. The first-order valence-electron chi connectivity index (χ1n) is 20.5. The summed E-state index contributed by atoms with van der Waals surface area (Å²) in [6.45, 7) is 4.07. The summed E-state index contributed by atoms with van der Waals surface area (Å²) in [5.74, 6) is -0.541. The van der Waals surface area contributed by atoms with Crippen molar-refractivity contribution in [2.75, 3.05) is 19.6 Å². The predicted molar refractivity (Wildman–Crippen MR) is 250 cm³/mol. The molecule has 320 valence electrons. The number of hydrogen-bond acceptors (Lipinski definition) is 6. The minimum atomic E-state index is -0.292. The Balaban J connectivity index is 0.000000162. The SMILES string of the molecule is CCN1CCc2cc(-c3nn(-c4ccc(F)cc4)cc3Sc3ccc(Cl)cc3)ccc2C1=O.O=C1NCCc2cc(-c3nn(-c4ccc(F)cc4)cc3Sc3ccc(Cl)cc3)ccc21. The van der Waals surface area contributed by atoms with Crippen LogP contribution < -0.4 is 5.32 Å². The highest BCUT2D eigenvalue weighted by atomic mass is 35.5. The highest BCUT2D eigenvalue weighted by Crippen LogP contribution is 2.39. The number of carbonyl (C=O) groups is 2. The molecule has 6 aromatic carbocycles. The van der Waals surface area contributed by atoms with Crippen LogP contribution in [0.2, 0.25) is 10.0 Å². The first-order valence-corrected chi connectivity index (χ1v) is 22.9. The molecule has 0 saturated carbocycles. The summed E-state index contributed by atoms with van der Waals surface area (Å²) in [7, 11) is 0. The van der Waals surface area contributed by atoms with Crippen molar-refractivity contribution < 1.29 is 18.4 Å². The van der Waals surface area contributed by atoms with Crippen molar-refractivity contribution in [1.29, 1.82) is 0 Å². The molecule has 4 heterocycles. The maximum atomic E-state index is 13.4. The van der Waals surface area contributed by atoms with Crippen LogP contribution in [0.25, 0.3) is 33.9 Å². The average Bonchev–Trinajstić information content (AvgIpc) is 3.93. The lowest BCUT2D eigenvalue weighted by molar-refractivity contribution is 0.0748. The summed E-state index contributed by atoms with van der Waals surface area (Å²) in [5.41, 5.74) is 8.56. The topological polar surface area (TPSA) is 85.1 Å². The van der Waals surface area contributed by atoms with E-state index >= 15 is 0 Å². The molecular weight excluding hydrogens is 890 g/mol. The van der Waals surface area contributed by atoms with Crippen LogP contribution in [0.15, 0.2) is 165 Å². The van der Waals surface area contributed by atoms with Gasteiger partial charge in [-0.3, -0.25) is 9.59 Å². The summed E-state index contributed by atoms with van der Waals surface area (Å²) in [6.07, 6.45) is 5.49. The van der Waals surface area contributed by atoms with Gasteiger partial charge in [0.1, 0.15) is 23.0 Å². The van der Waals surface area contributed by atoms with Crippen LogP contribution >= 0.6 is 46.7 Å². The highest BCUT2D eigenvalue weighted by Gasteiger charge is 2.25. The first kappa shape index (κ1) is 43.1. The van der Waals surface area contributed by atoms with E-state index in [0.717, 1.165) is 89.5 Å². The number of benzene rings is 6. The maximum absolute atomic E-state index is 13.4. The molecule has 0 aliphatic carbocycles. The molecule has 8 aromatic rings. The fourth-order valence-electron chi connectivity index (χ4n) is 7.54. The second-order valence-corrected chi connectivity index (χ2v) is 18.1. The van der Waals surface area contributed by atoms with Gasteiger partial charge in [-0.2, -0.15) is 10.2 Å². The van der Waals surface area contributed by atoms with E-state index in [1.807, 2.05) is 103 Å². The first-order chi connectivity index (χ1) is 31.1. The number of likely N-dealkylation sites (N-methyl/N-ethyl adjacent to an activating group) is 1. The Morgan fingerprint density at radius 1 is 0.609 bits per heavy atom. The van der Waals surface area contributed by atoms with E-state index in [2.05, 4.69) is 11.4 Å². The zero-order chi connectivity index (χ0) is 44.3. The Kier molecular flexibility index (Phi) is 12.7. The molecule has 2 aromatic heterocycles. The van der Waals surface area contributed by atoms with Gasteiger partial charge in [0.25, 0.3) is 11.8 Å². The fourth-order valence-corrected chi connectivity index (χ4v) is 9.66. The number of halogens is 4. The molecule has 1 N–H and O–H groups in total. The molecule has 8 nitrogen and oxygen atoms in total. The molecule has 0 bridgehead atoms. The Morgan fingerprint density at radius 2 is 1.08 bits per heavy atom. The number of carbonyl (C=O) groups excluding carboxylic acids is 2. The summed E-state index contributed by atoms with van der Waals surface area (Å²) in [4.78, 5) is 30.7. The molecular formula is C50H38Cl2F2N6O2S2. The molecule has 0 unspecified atom stereocenters. The smallest absolute Gasteiger partial charge is 0.254 e. The third kappa shape index (κ3) is 9.51. The van der Waals surface area contributed by atoms with Gasteiger partial charge in [-0.05, 0) is 152 Å². The van der Waals surface area contributed by atoms with Gasteiger partial charge in [0.05, 0.1) is 21.2 Å². The Labute approximate surface area is 387 Å². The summed E-state index contributed by atoms with van der Waals surface area (Å²) in [5, 5.41) is 13.9. The molecule has 2 aliphatic heterocycles. The van der Waals surface area contributed by atoms with Crippen molar-refractivity contribution in [3.05, 3.63) is 190 Å². The largest absolute Gasteiger partial charge is 0.352 e. The van der Waals surface area contributed by atoms with Gasteiger partial charge >= 0.3 is 0 Å². The van der Waals surface area contributed by atoms with Crippen LogP contribution in [0, 0.1) is 11.6 Å². The molecule has 2 aliphatic rings. The minimum Gasteiger partial charge on any atom is -0.352 e. The fraction of sp³-hybridized carbons (Fsp3) is 0.120. The molecule has 0 radical (unpaired) electrons. The van der Waals surface area contributed by atoms with E-state index in [0.29, 0.717) is 28.7 Å². The summed E-state index contributed by atoms with van der Waals surface area (Å²) in [6, 6.07) is 39.5. The van der Waals surface area contributed by atoms with Gasteiger partial charge in [0.15, 0.2) is 0 Å². The highest BCUT2D eigenvalue weighted by molar-refractivity contribution is 7.99. The summed E-state index contributed by atoms with van der Waals surface area (Å²) >= 11 is 15.2. The molecule has 0 atom stereocenters. The van der Waals surface area contributed by atoms with Crippen LogP contribution in [0.3, 0.4) is 0 Å². The van der Waals surface area contributed by atoms with Crippen molar-refractivity contribution in [1.82, 2.24) is 29.8 Å². The molecule has 64 heavy (non-hydrogen) atoms. The van der Waals surface area contributed by atoms with E-state index < -0.39 is 0 Å². The lowest BCUT2D eigenvalue weighted by atomic mass is 9.96. The molecule has 10 rings (SSSR count). The van der Waals surface area contributed by atoms with Crippen LogP contribution in [0.5, 0.6) is 0 Å². The third-order valence-electron chi connectivity index (χ3n) is 10.9. The van der Waals surface area contributed by atoms with Crippen molar-refractivity contribution in [2.24, 2.45) is 0 Å². The van der Waals surface area contributed by atoms with Crippen LogP contribution in [0.4, 0.5) is 8.78 Å². The average molecular weight is 928 g/mol. The van der Waals surface area contributed by atoms with Crippen LogP contribution in [-0.4, -0.2) is 55.9 Å². The number of rotatable bonds is 9. The molecule has 2 amide bonds. The van der Waals surface area contributed by atoms with Crippen molar-refractivity contribution in [2.45, 2.75) is 39.3 Å². The monoisotopic (exact) mass is 926 g/mol. The van der Waals surface area contributed by atoms with Crippen molar-refractivity contribution in [3.8, 4) is 33.9 Å². The second kappa shape index (κ2) is 18.9. The Hall–Kier alpha value is -6.18. The van der Waals surface area contributed by atoms with E-state index in [1.54, 1.807) is 57.2 Å². The molecule has 14 heteroatoms. The van der Waals surface area contributed by atoms with E-state index in [9.17, 15) is 18.4 Å². The van der Waals surface area contributed by atoms with Crippen LogP contribution in [-0.2, 0) is 12.8 Å². The lowest BCUT2D eigenvalue weighted by Gasteiger charge is -2.27. The van der Waals surface area contributed by atoms with E-state index in [4.69, 9.17) is 33.4 Å². The van der Waals surface area contributed by atoms with Crippen molar-refractivity contribution >= 4 is 58.5 Å². The van der Waals surface area contributed by atoms with E-state index in [-0.39, 0.29) is 23.4 Å². The van der Waals surface area contributed by atoms with E-state index in [1.165, 1.54) is 24.3 Å². The quantitative estimate of drug-likeness (QED) is 0.155. The summed E-state index contributed by atoms with van der Waals surface area (Å²) < 4.78 is 30.3. The Morgan fingerprint density at radius 3 is 1.56 bits per heavy atom. The zero-order valence-electron chi connectivity index (χ0n) is 34.3. The number of fused-ring (bicyclic) bond motifs is 2. The third-order valence-corrected chi connectivity index (χ3v) is 13.4.